The molecule has 0 N–H and O–H groups in total. The maximum Gasteiger partial charge on any atom is 0.345 e. The smallest absolute Gasteiger partial charge is 0.345 e. The van der Waals surface area contributed by atoms with E-state index in [1.54, 1.807) is 13.8 Å². The van der Waals surface area contributed by atoms with E-state index in [1.165, 1.54) is 20.6 Å². The molecule has 0 spiro atoms. The summed E-state index contributed by atoms with van der Waals surface area (Å²) in [5, 5.41) is 0. The van der Waals surface area contributed by atoms with Crippen molar-refractivity contribution in [1.82, 2.24) is 0 Å². The van der Waals surface area contributed by atoms with Crippen LogP contribution in [0.15, 0.2) is 11.1 Å². The molecule has 0 bridgehead atoms. The summed E-state index contributed by atoms with van der Waals surface area (Å²) in [4.78, 5) is 33.0. The zero-order chi connectivity index (χ0) is 16.0. The lowest BCUT2D eigenvalue weighted by atomic mass is 9.83. The van der Waals surface area contributed by atoms with Gasteiger partial charge in [-0.1, -0.05) is 6.42 Å². The van der Waals surface area contributed by atoms with Crippen molar-refractivity contribution in [2.75, 3.05) is 14.2 Å². The largest absolute Gasteiger partial charge is 0.465 e. The molecule has 21 heavy (non-hydrogen) atoms. The van der Waals surface area contributed by atoms with Crippen LogP contribution < -0.4 is 0 Å². The highest BCUT2D eigenvalue weighted by atomic mass is 16.5. The van der Waals surface area contributed by atoms with Crippen molar-refractivity contribution in [2.24, 2.45) is 11.8 Å². The van der Waals surface area contributed by atoms with Gasteiger partial charge in [0.05, 0.1) is 14.2 Å². The monoisotopic (exact) mass is 296 g/mol. The van der Waals surface area contributed by atoms with E-state index in [0.717, 1.165) is 31.3 Å². The van der Waals surface area contributed by atoms with Crippen molar-refractivity contribution in [3.05, 3.63) is 11.1 Å². The summed E-state index contributed by atoms with van der Waals surface area (Å²) in [5.74, 6) is -0.0445. The van der Waals surface area contributed by atoms with Gasteiger partial charge in [0.15, 0.2) is 0 Å². The van der Waals surface area contributed by atoms with Crippen molar-refractivity contribution in [3.63, 3.8) is 0 Å². The predicted octanol–water partition coefficient (Wildman–Crippen LogP) is 2.43. The first kappa shape index (κ1) is 17.4. The van der Waals surface area contributed by atoms with Crippen LogP contribution in [0.3, 0.4) is 0 Å². The fourth-order valence-corrected chi connectivity index (χ4v) is 2.14. The Morgan fingerprint density at radius 3 is 1.48 bits per heavy atom. The number of carbonyl (C=O) groups is 3. The van der Waals surface area contributed by atoms with Gasteiger partial charge in [-0.2, -0.15) is 0 Å². The molecule has 5 heteroatoms. The minimum Gasteiger partial charge on any atom is -0.465 e. The second-order valence-corrected chi connectivity index (χ2v) is 5.55. The van der Waals surface area contributed by atoms with Crippen LogP contribution in [0.5, 0.6) is 0 Å². The molecule has 5 nitrogen and oxygen atoms in total. The normalized spacial score (nSPS) is 16.8. The maximum atomic E-state index is 11.3. The molecular weight excluding hydrogens is 272 g/mol. The first-order chi connectivity index (χ1) is 9.92. The van der Waals surface area contributed by atoms with E-state index in [-0.39, 0.29) is 5.57 Å². The molecule has 2 aliphatic rings. The summed E-state index contributed by atoms with van der Waals surface area (Å²) in [5.41, 5.74) is 0.834. The van der Waals surface area contributed by atoms with Crippen molar-refractivity contribution < 1.29 is 23.9 Å². The summed E-state index contributed by atoms with van der Waals surface area (Å²) in [7, 11) is 2.51. The summed E-state index contributed by atoms with van der Waals surface area (Å²) in [6, 6.07) is 0. The first-order valence-corrected chi connectivity index (χ1v) is 7.30. The van der Waals surface area contributed by atoms with Crippen LogP contribution in [-0.4, -0.2) is 31.9 Å². The molecule has 2 fully saturated rings. The molecule has 2 aliphatic carbocycles. The van der Waals surface area contributed by atoms with Crippen LogP contribution in [-0.2, 0) is 23.9 Å². The van der Waals surface area contributed by atoms with Gasteiger partial charge >= 0.3 is 11.9 Å². The molecule has 2 rings (SSSR count). The molecule has 0 radical (unpaired) electrons. The van der Waals surface area contributed by atoms with E-state index in [4.69, 9.17) is 0 Å². The van der Waals surface area contributed by atoms with Gasteiger partial charge in [-0.3, -0.25) is 4.79 Å². The molecule has 0 unspecified atom stereocenters. The average Bonchev–Trinajstić information content (AvgIpc) is 3.20. The number of rotatable bonds is 4. The van der Waals surface area contributed by atoms with Crippen molar-refractivity contribution in [2.45, 2.75) is 46.0 Å². The van der Waals surface area contributed by atoms with Gasteiger partial charge in [0.25, 0.3) is 0 Å². The Labute approximate surface area is 125 Å². The minimum absolute atomic E-state index is 0.0532. The summed E-state index contributed by atoms with van der Waals surface area (Å²) in [6.07, 6.45) is 5.63. The number of esters is 2. The van der Waals surface area contributed by atoms with Crippen LogP contribution >= 0.6 is 0 Å². The fourth-order valence-electron chi connectivity index (χ4n) is 2.14. The Bertz CT molecular complexity index is 424. The molecule has 0 saturated heterocycles. The number of methoxy groups -OCH3 is 2. The van der Waals surface area contributed by atoms with E-state index in [2.05, 4.69) is 9.47 Å². The van der Waals surface area contributed by atoms with Gasteiger partial charge in [-0.15, -0.1) is 0 Å². The number of hydrogen-bond acceptors (Lipinski definition) is 5. The van der Waals surface area contributed by atoms with E-state index < -0.39 is 11.9 Å². The topological polar surface area (TPSA) is 69.7 Å². The lowest BCUT2D eigenvalue weighted by molar-refractivity contribution is -0.144. The van der Waals surface area contributed by atoms with Gasteiger partial charge in [-0.25, -0.2) is 9.59 Å². The number of allylic oxidation sites excluding steroid dienone is 1. The molecule has 0 heterocycles. The van der Waals surface area contributed by atoms with Gasteiger partial charge < -0.3 is 9.47 Å². The number of hydrogen-bond donors (Lipinski definition) is 0. The number of Topliss-reactive ketones (excluding diaryl/α,β-unsaturated/α-hetero) is 1. The Kier molecular flexibility index (Phi) is 6.59. The second kappa shape index (κ2) is 7.96. The van der Waals surface area contributed by atoms with Gasteiger partial charge in [-0.05, 0) is 51.0 Å². The highest BCUT2D eigenvalue weighted by Gasteiger charge is 2.31. The molecule has 0 aromatic rings. The minimum atomic E-state index is -0.610. The summed E-state index contributed by atoms with van der Waals surface area (Å²) >= 11 is 0. The van der Waals surface area contributed by atoms with Gasteiger partial charge in [0.1, 0.15) is 11.4 Å². The van der Waals surface area contributed by atoms with Crippen LogP contribution in [0.2, 0.25) is 0 Å². The molecule has 0 aliphatic heterocycles. The zero-order valence-corrected chi connectivity index (χ0v) is 13.2. The third kappa shape index (κ3) is 4.99. The second-order valence-electron chi connectivity index (χ2n) is 5.55. The molecular formula is C16H24O5. The standard InChI is InChI=1S/C10H14O4.C6H10O/c1-6(7-4-5-7)8(9(11)13-2)10(12)14-3;1-5(7)6-3-2-4-6/h7H,4-5H2,1-3H3;6H,2-4H2,1H3. The maximum absolute atomic E-state index is 11.3. The third-order valence-corrected chi connectivity index (χ3v) is 4.04. The Balaban J connectivity index is 0.000000262. The van der Waals surface area contributed by atoms with Crippen LogP contribution in [0.1, 0.15) is 46.0 Å². The number of carbonyl (C=O) groups excluding carboxylic acids is 3. The molecule has 0 amide bonds. The van der Waals surface area contributed by atoms with Crippen molar-refractivity contribution >= 4 is 17.7 Å². The Hall–Kier alpha value is -1.65. The molecule has 0 atom stereocenters. The van der Waals surface area contributed by atoms with E-state index in [1.807, 2.05) is 0 Å². The molecule has 0 aromatic carbocycles. The Morgan fingerprint density at radius 2 is 1.29 bits per heavy atom. The molecule has 0 aromatic heterocycles. The first-order valence-electron chi connectivity index (χ1n) is 7.30. The Morgan fingerprint density at radius 1 is 0.810 bits per heavy atom. The lowest BCUT2D eigenvalue weighted by Crippen LogP contribution is -2.18. The molecule has 2 saturated carbocycles. The summed E-state index contributed by atoms with van der Waals surface area (Å²) in [6.45, 7) is 3.46. The third-order valence-electron chi connectivity index (χ3n) is 4.04. The fraction of sp³-hybridized carbons (Fsp3) is 0.688. The predicted molar refractivity (Wildman–Crippen MR) is 77.5 cm³/mol. The van der Waals surface area contributed by atoms with Crippen LogP contribution in [0.25, 0.3) is 0 Å². The van der Waals surface area contributed by atoms with Crippen LogP contribution in [0.4, 0.5) is 0 Å². The zero-order valence-electron chi connectivity index (χ0n) is 13.2. The van der Waals surface area contributed by atoms with E-state index in [9.17, 15) is 14.4 Å². The van der Waals surface area contributed by atoms with E-state index >= 15 is 0 Å². The van der Waals surface area contributed by atoms with Crippen molar-refractivity contribution in [1.29, 1.82) is 0 Å². The average molecular weight is 296 g/mol. The highest BCUT2D eigenvalue weighted by molar-refractivity contribution is 6.14. The van der Waals surface area contributed by atoms with Gasteiger partial charge in [0.2, 0.25) is 0 Å². The van der Waals surface area contributed by atoms with Gasteiger partial charge in [0, 0.05) is 5.92 Å². The lowest BCUT2D eigenvalue weighted by Gasteiger charge is -2.21. The van der Waals surface area contributed by atoms with E-state index in [0.29, 0.717) is 17.6 Å². The molecule has 118 valence electrons. The number of ether oxygens (including phenoxy) is 2. The van der Waals surface area contributed by atoms with Crippen LogP contribution in [0, 0.1) is 11.8 Å². The SMILES string of the molecule is CC(=O)C1CCC1.COC(=O)C(C(=O)OC)=C(C)C1CC1. The van der Waals surface area contributed by atoms with Crippen molar-refractivity contribution in [3.8, 4) is 0 Å². The number of ketones is 1. The summed E-state index contributed by atoms with van der Waals surface area (Å²) < 4.78 is 9.07. The highest BCUT2D eigenvalue weighted by Crippen LogP contribution is 2.38. The quantitative estimate of drug-likeness (QED) is 0.345.